The molecule has 0 bridgehead atoms. The van der Waals surface area contributed by atoms with Crippen LogP contribution in [0.15, 0.2) is 65.1 Å². The average Bonchev–Trinajstić information content (AvgIpc) is 2.65. The van der Waals surface area contributed by atoms with Crippen molar-refractivity contribution >= 4 is 18.7 Å². The van der Waals surface area contributed by atoms with E-state index in [9.17, 15) is 0 Å². The van der Waals surface area contributed by atoms with Crippen LogP contribution < -0.4 is 0 Å². The van der Waals surface area contributed by atoms with Crippen LogP contribution in [0.5, 0.6) is 0 Å². The maximum atomic E-state index is 4.75. The Bertz CT molecular complexity index is 760. The molecule has 0 saturated heterocycles. The molecule has 0 amide bonds. The van der Waals surface area contributed by atoms with Crippen molar-refractivity contribution in [2.75, 3.05) is 0 Å². The smallest absolute Gasteiger partial charge is 0.00266 e. The molecule has 2 rings (SSSR count). The predicted octanol–water partition coefficient (Wildman–Crippen LogP) is 8.04. The van der Waals surface area contributed by atoms with Crippen molar-refractivity contribution in [2.45, 2.75) is 60.8 Å². The molecule has 0 aromatic heterocycles. The number of allylic oxidation sites excluding steroid dienone is 7. The minimum absolute atomic E-state index is 0.0834. The summed E-state index contributed by atoms with van der Waals surface area (Å²) >= 11 is 4.75. The van der Waals surface area contributed by atoms with E-state index in [2.05, 4.69) is 102 Å². The van der Waals surface area contributed by atoms with Crippen LogP contribution in [0.2, 0.25) is 0 Å². The van der Waals surface area contributed by atoms with Crippen LogP contribution in [-0.4, -0.2) is 0 Å². The van der Waals surface area contributed by atoms with Crippen molar-refractivity contribution in [1.29, 1.82) is 0 Å². The molecular formula is C26H36S. The highest BCUT2D eigenvalue weighted by Crippen LogP contribution is 2.54. The molecule has 146 valence electrons. The van der Waals surface area contributed by atoms with Crippen molar-refractivity contribution < 1.29 is 0 Å². The summed E-state index contributed by atoms with van der Waals surface area (Å²) in [6.07, 6.45) is 16.7. The zero-order valence-electron chi connectivity index (χ0n) is 17.9. The van der Waals surface area contributed by atoms with Gasteiger partial charge in [0.25, 0.3) is 0 Å². The Hall–Kier alpha value is -1.47. The molecule has 1 aliphatic rings. The van der Waals surface area contributed by atoms with Crippen molar-refractivity contribution in [1.82, 2.24) is 0 Å². The molecule has 2 atom stereocenters. The van der Waals surface area contributed by atoms with Gasteiger partial charge < -0.3 is 0 Å². The van der Waals surface area contributed by atoms with Gasteiger partial charge in [0.1, 0.15) is 0 Å². The lowest BCUT2D eigenvalue weighted by atomic mass is 9.55. The highest BCUT2D eigenvalue weighted by molar-refractivity contribution is 7.84. The highest BCUT2D eigenvalue weighted by atomic mass is 32.1. The Morgan fingerprint density at radius 3 is 2.41 bits per heavy atom. The summed E-state index contributed by atoms with van der Waals surface area (Å²) in [5.74, 6) is 0.458. The monoisotopic (exact) mass is 380 g/mol. The fourth-order valence-corrected chi connectivity index (χ4v) is 4.56. The van der Waals surface area contributed by atoms with E-state index in [0.29, 0.717) is 5.92 Å². The Morgan fingerprint density at radius 2 is 1.78 bits per heavy atom. The molecule has 1 aliphatic carbocycles. The van der Waals surface area contributed by atoms with Crippen LogP contribution in [0, 0.1) is 16.7 Å². The lowest BCUT2D eigenvalue weighted by Crippen LogP contribution is -2.41. The van der Waals surface area contributed by atoms with Gasteiger partial charge >= 0.3 is 0 Å². The van der Waals surface area contributed by atoms with E-state index in [1.54, 1.807) is 0 Å². The zero-order valence-corrected chi connectivity index (χ0v) is 18.8. The van der Waals surface area contributed by atoms with Crippen LogP contribution in [0.4, 0.5) is 0 Å². The summed E-state index contributed by atoms with van der Waals surface area (Å²) < 4.78 is 0. The standard InChI is InChI=1S/C26H36S/c1-7-12-20-13-10-11-14-21(20)18-22-15-16-23(27)19-24(22)26(6,17-8-2)25(4,5)9-3/h7-8,10-17,24,27H,9,18-19H2,1-6H3/b12-7-,17-8?. The molecule has 0 nitrogen and oxygen atoms in total. The molecule has 0 aliphatic heterocycles. The third kappa shape index (κ3) is 4.69. The summed E-state index contributed by atoms with van der Waals surface area (Å²) in [6, 6.07) is 8.77. The van der Waals surface area contributed by atoms with Gasteiger partial charge in [0.15, 0.2) is 0 Å². The maximum absolute atomic E-state index is 4.75. The zero-order chi connectivity index (χ0) is 20.1. The second-order valence-corrected chi connectivity index (χ2v) is 9.13. The van der Waals surface area contributed by atoms with Gasteiger partial charge in [-0.1, -0.05) is 100 Å². The number of hydrogen-bond acceptors (Lipinski definition) is 1. The van der Waals surface area contributed by atoms with Crippen molar-refractivity contribution in [3.8, 4) is 0 Å². The van der Waals surface area contributed by atoms with Crippen LogP contribution in [0.1, 0.15) is 65.5 Å². The molecule has 2 unspecified atom stereocenters. The maximum Gasteiger partial charge on any atom is -0.00266 e. The molecule has 1 heteroatoms. The summed E-state index contributed by atoms with van der Waals surface area (Å²) in [5, 5.41) is 0. The molecular weight excluding hydrogens is 344 g/mol. The second-order valence-electron chi connectivity index (χ2n) is 8.55. The van der Waals surface area contributed by atoms with Crippen LogP contribution in [0.25, 0.3) is 6.08 Å². The SMILES string of the molecule is CC=CC(C)(C1CC(S)=CC=C1Cc1ccccc1/C=C\C)C(C)(C)CC. The summed E-state index contributed by atoms with van der Waals surface area (Å²) in [4.78, 5) is 1.19. The minimum Gasteiger partial charge on any atom is -0.148 e. The minimum atomic E-state index is 0.0834. The van der Waals surface area contributed by atoms with Crippen LogP contribution in [0.3, 0.4) is 0 Å². The lowest BCUT2D eigenvalue weighted by Gasteiger charge is -2.49. The Kier molecular flexibility index (Phi) is 7.40. The molecule has 1 aromatic rings. The number of thiol groups is 1. The van der Waals surface area contributed by atoms with E-state index in [1.807, 2.05) is 0 Å². The van der Waals surface area contributed by atoms with E-state index in [-0.39, 0.29) is 10.8 Å². The quantitative estimate of drug-likeness (QED) is 0.359. The summed E-state index contributed by atoms with van der Waals surface area (Å²) in [6.45, 7) is 13.8. The van der Waals surface area contributed by atoms with Crippen molar-refractivity contribution in [3.63, 3.8) is 0 Å². The highest BCUT2D eigenvalue weighted by Gasteiger charge is 2.45. The molecule has 0 fully saturated rings. The molecule has 0 saturated carbocycles. The normalized spacial score (nSPS) is 20.6. The first-order valence-corrected chi connectivity index (χ1v) is 10.7. The van der Waals surface area contributed by atoms with Gasteiger partial charge in [0.2, 0.25) is 0 Å². The van der Waals surface area contributed by atoms with Gasteiger partial charge in [-0.3, -0.25) is 0 Å². The Morgan fingerprint density at radius 1 is 1.07 bits per heavy atom. The van der Waals surface area contributed by atoms with Crippen molar-refractivity contribution in [2.24, 2.45) is 16.7 Å². The number of rotatable bonds is 7. The Labute approximate surface area is 172 Å². The van der Waals surface area contributed by atoms with E-state index in [1.165, 1.54) is 21.6 Å². The average molecular weight is 381 g/mol. The van der Waals surface area contributed by atoms with Gasteiger partial charge in [-0.25, -0.2) is 0 Å². The Balaban J connectivity index is 2.50. The molecule has 27 heavy (non-hydrogen) atoms. The topological polar surface area (TPSA) is 0 Å². The molecule has 1 aromatic carbocycles. The first kappa shape index (κ1) is 21.8. The first-order valence-electron chi connectivity index (χ1n) is 10.2. The predicted molar refractivity (Wildman–Crippen MR) is 125 cm³/mol. The van der Waals surface area contributed by atoms with E-state index >= 15 is 0 Å². The van der Waals surface area contributed by atoms with Crippen LogP contribution >= 0.6 is 12.6 Å². The molecule has 0 heterocycles. The van der Waals surface area contributed by atoms with Gasteiger partial charge in [-0.05, 0) is 59.5 Å². The van der Waals surface area contributed by atoms with Gasteiger partial charge in [-0.2, -0.15) is 0 Å². The summed E-state index contributed by atoms with van der Waals surface area (Å²) in [5.41, 5.74) is 4.53. The second kappa shape index (κ2) is 9.15. The lowest BCUT2D eigenvalue weighted by molar-refractivity contribution is 0.0824. The van der Waals surface area contributed by atoms with Crippen molar-refractivity contribution in [3.05, 3.63) is 76.3 Å². The van der Waals surface area contributed by atoms with E-state index in [0.717, 1.165) is 19.3 Å². The largest absolute Gasteiger partial charge is 0.148 e. The molecule has 0 spiro atoms. The van der Waals surface area contributed by atoms with Crippen LogP contribution in [-0.2, 0) is 6.42 Å². The van der Waals surface area contributed by atoms with E-state index in [4.69, 9.17) is 12.6 Å². The number of benzene rings is 1. The van der Waals surface area contributed by atoms with Gasteiger partial charge in [0, 0.05) is 0 Å². The summed E-state index contributed by atoms with van der Waals surface area (Å²) in [7, 11) is 0. The fraction of sp³-hybridized carbons (Fsp3) is 0.462. The number of hydrogen-bond donors (Lipinski definition) is 1. The third-order valence-corrected chi connectivity index (χ3v) is 7.06. The first-order chi connectivity index (χ1) is 12.8. The molecule has 0 N–H and O–H groups in total. The van der Waals surface area contributed by atoms with Gasteiger partial charge in [0.05, 0.1) is 0 Å². The molecule has 0 radical (unpaired) electrons. The van der Waals surface area contributed by atoms with Gasteiger partial charge in [-0.15, -0.1) is 12.6 Å². The third-order valence-electron chi connectivity index (χ3n) is 6.73. The fourth-order valence-electron chi connectivity index (χ4n) is 4.30. The van der Waals surface area contributed by atoms with E-state index < -0.39 is 0 Å².